The van der Waals surface area contributed by atoms with Crippen molar-refractivity contribution in [2.45, 2.75) is 32.6 Å². The molecule has 0 heterocycles. The van der Waals surface area contributed by atoms with Crippen molar-refractivity contribution in [2.75, 3.05) is 13.2 Å². The summed E-state index contributed by atoms with van der Waals surface area (Å²) in [5.74, 6) is -1.04. The molecule has 0 bridgehead atoms. The van der Waals surface area contributed by atoms with Gasteiger partial charge in [0, 0.05) is 6.54 Å². The Morgan fingerprint density at radius 2 is 2.10 bits per heavy atom. The number of amides is 1. The molecule has 0 aromatic heterocycles. The van der Waals surface area contributed by atoms with Crippen LogP contribution in [0.5, 0.6) is 5.75 Å². The van der Waals surface area contributed by atoms with Gasteiger partial charge in [-0.25, -0.2) is 0 Å². The van der Waals surface area contributed by atoms with E-state index in [1.165, 1.54) is 17.5 Å². The van der Waals surface area contributed by atoms with E-state index in [1.807, 2.05) is 18.2 Å². The number of carboxylic acid groups (broad SMARTS) is 1. The monoisotopic (exact) mass is 291 g/mol. The Morgan fingerprint density at radius 1 is 1.33 bits per heavy atom. The first-order chi connectivity index (χ1) is 10.1. The fraction of sp³-hybridized carbons (Fsp3) is 0.500. The molecular weight excluding hydrogens is 270 g/mol. The number of nitrogens with one attached hydrogen (secondary N) is 1. The number of aryl methyl sites for hydroxylation is 2. The van der Waals surface area contributed by atoms with Crippen LogP contribution < -0.4 is 10.1 Å². The predicted molar refractivity (Wildman–Crippen MR) is 78.4 cm³/mol. The summed E-state index contributed by atoms with van der Waals surface area (Å²) in [6.07, 6.45) is 3.84. The third kappa shape index (κ3) is 4.21. The highest BCUT2D eigenvalue weighted by molar-refractivity contribution is 5.78. The van der Waals surface area contributed by atoms with Crippen LogP contribution in [0, 0.1) is 5.92 Å². The molecule has 0 saturated heterocycles. The third-order valence-corrected chi connectivity index (χ3v) is 3.83. The largest absolute Gasteiger partial charge is 0.484 e. The Hall–Kier alpha value is -2.04. The standard InChI is InChI=1S/C16H21NO4/c1-2-11(16(19)20)9-17-15(18)10-21-14-7-6-12-4-3-5-13(12)8-14/h6-8,11H,2-5,9-10H2,1H3,(H,17,18)(H,19,20). The summed E-state index contributed by atoms with van der Waals surface area (Å²) < 4.78 is 5.46. The molecule has 2 N–H and O–H groups in total. The first kappa shape index (κ1) is 15.4. The quantitative estimate of drug-likeness (QED) is 0.803. The van der Waals surface area contributed by atoms with Crippen LogP contribution in [-0.4, -0.2) is 30.1 Å². The van der Waals surface area contributed by atoms with Crippen molar-refractivity contribution in [3.8, 4) is 5.75 Å². The van der Waals surface area contributed by atoms with E-state index < -0.39 is 11.9 Å². The molecule has 0 saturated carbocycles. The van der Waals surface area contributed by atoms with Gasteiger partial charge in [0.2, 0.25) is 0 Å². The molecule has 0 fully saturated rings. The number of carbonyl (C=O) groups is 2. The molecule has 1 aromatic rings. The van der Waals surface area contributed by atoms with Gasteiger partial charge in [-0.05, 0) is 48.9 Å². The van der Waals surface area contributed by atoms with Gasteiger partial charge in [-0.3, -0.25) is 9.59 Å². The maximum absolute atomic E-state index is 11.7. The van der Waals surface area contributed by atoms with Crippen molar-refractivity contribution < 1.29 is 19.4 Å². The second-order valence-corrected chi connectivity index (χ2v) is 5.32. The summed E-state index contributed by atoms with van der Waals surface area (Å²) in [7, 11) is 0. The van der Waals surface area contributed by atoms with Crippen LogP contribution >= 0.6 is 0 Å². The molecular formula is C16H21NO4. The predicted octanol–water partition coefficient (Wildman–Crippen LogP) is 1.78. The number of hydrogen-bond acceptors (Lipinski definition) is 3. The van der Waals surface area contributed by atoms with Gasteiger partial charge in [-0.1, -0.05) is 13.0 Å². The van der Waals surface area contributed by atoms with Gasteiger partial charge in [0.1, 0.15) is 5.75 Å². The number of carboxylic acids is 1. The first-order valence-corrected chi connectivity index (χ1v) is 7.34. The van der Waals surface area contributed by atoms with Crippen molar-refractivity contribution in [3.05, 3.63) is 29.3 Å². The normalized spacial score (nSPS) is 14.3. The number of aliphatic carboxylic acids is 1. The maximum atomic E-state index is 11.7. The lowest BCUT2D eigenvalue weighted by Crippen LogP contribution is -2.35. The SMILES string of the molecule is CCC(CNC(=O)COc1ccc2c(c1)CCC2)C(=O)O. The minimum absolute atomic E-state index is 0.0885. The number of benzene rings is 1. The summed E-state index contributed by atoms with van der Waals surface area (Å²) in [5, 5.41) is 11.5. The molecule has 21 heavy (non-hydrogen) atoms. The van der Waals surface area contributed by atoms with Crippen LogP contribution in [-0.2, 0) is 22.4 Å². The second-order valence-electron chi connectivity index (χ2n) is 5.32. The van der Waals surface area contributed by atoms with Gasteiger partial charge in [0.15, 0.2) is 6.61 Å². The van der Waals surface area contributed by atoms with Gasteiger partial charge < -0.3 is 15.2 Å². The summed E-state index contributed by atoms with van der Waals surface area (Å²) in [6, 6.07) is 5.92. The van der Waals surface area contributed by atoms with Crippen molar-refractivity contribution in [1.82, 2.24) is 5.32 Å². The zero-order chi connectivity index (χ0) is 15.2. The van der Waals surface area contributed by atoms with E-state index in [1.54, 1.807) is 6.92 Å². The lowest BCUT2D eigenvalue weighted by atomic mass is 10.1. The minimum Gasteiger partial charge on any atom is -0.484 e. The van der Waals surface area contributed by atoms with Crippen molar-refractivity contribution in [1.29, 1.82) is 0 Å². The summed E-state index contributed by atoms with van der Waals surface area (Å²) in [5.41, 5.74) is 2.66. The molecule has 1 amide bonds. The summed E-state index contributed by atoms with van der Waals surface area (Å²) in [6.45, 7) is 1.83. The van der Waals surface area contributed by atoms with Gasteiger partial charge in [0.05, 0.1) is 5.92 Å². The van der Waals surface area contributed by atoms with Crippen molar-refractivity contribution in [2.24, 2.45) is 5.92 Å². The highest BCUT2D eigenvalue weighted by atomic mass is 16.5. The van der Waals surface area contributed by atoms with Crippen LogP contribution in [0.3, 0.4) is 0 Å². The van der Waals surface area contributed by atoms with Crippen LogP contribution in [0.4, 0.5) is 0 Å². The average molecular weight is 291 g/mol. The third-order valence-electron chi connectivity index (χ3n) is 3.83. The van der Waals surface area contributed by atoms with Gasteiger partial charge in [0.25, 0.3) is 5.91 Å². The topological polar surface area (TPSA) is 75.6 Å². The highest BCUT2D eigenvalue weighted by Gasteiger charge is 2.16. The van der Waals surface area contributed by atoms with E-state index >= 15 is 0 Å². The van der Waals surface area contributed by atoms with Gasteiger partial charge in [-0.2, -0.15) is 0 Å². The zero-order valence-corrected chi connectivity index (χ0v) is 12.2. The van der Waals surface area contributed by atoms with Gasteiger partial charge in [-0.15, -0.1) is 0 Å². The molecule has 5 heteroatoms. The summed E-state index contributed by atoms with van der Waals surface area (Å²) >= 11 is 0. The highest BCUT2D eigenvalue weighted by Crippen LogP contribution is 2.25. The molecule has 0 radical (unpaired) electrons. The fourth-order valence-electron chi connectivity index (χ4n) is 2.48. The minimum atomic E-state index is -0.891. The molecule has 1 aromatic carbocycles. The molecule has 0 spiro atoms. The Labute approximate surface area is 124 Å². The van der Waals surface area contributed by atoms with E-state index in [4.69, 9.17) is 9.84 Å². The van der Waals surface area contributed by atoms with Crippen LogP contribution in [0.2, 0.25) is 0 Å². The lowest BCUT2D eigenvalue weighted by Gasteiger charge is -2.12. The Morgan fingerprint density at radius 3 is 2.81 bits per heavy atom. The smallest absolute Gasteiger partial charge is 0.308 e. The van der Waals surface area contributed by atoms with E-state index in [-0.39, 0.29) is 19.1 Å². The van der Waals surface area contributed by atoms with Crippen LogP contribution in [0.1, 0.15) is 30.9 Å². The molecule has 114 valence electrons. The second kappa shape index (κ2) is 7.11. The lowest BCUT2D eigenvalue weighted by molar-refractivity contribution is -0.141. The van der Waals surface area contributed by atoms with E-state index in [0.29, 0.717) is 12.2 Å². The number of fused-ring (bicyclic) bond motifs is 1. The first-order valence-electron chi connectivity index (χ1n) is 7.34. The fourth-order valence-corrected chi connectivity index (χ4v) is 2.48. The van der Waals surface area contributed by atoms with Crippen LogP contribution in [0.15, 0.2) is 18.2 Å². The van der Waals surface area contributed by atoms with Crippen LogP contribution in [0.25, 0.3) is 0 Å². The van der Waals surface area contributed by atoms with E-state index in [2.05, 4.69) is 5.32 Å². The van der Waals surface area contributed by atoms with Gasteiger partial charge >= 0.3 is 5.97 Å². The van der Waals surface area contributed by atoms with Crippen molar-refractivity contribution >= 4 is 11.9 Å². The molecule has 5 nitrogen and oxygen atoms in total. The molecule has 1 aliphatic carbocycles. The maximum Gasteiger partial charge on any atom is 0.308 e. The number of carbonyl (C=O) groups excluding carboxylic acids is 1. The summed E-state index contributed by atoms with van der Waals surface area (Å²) in [4.78, 5) is 22.5. The molecule has 2 rings (SSSR count). The van der Waals surface area contributed by atoms with Crippen molar-refractivity contribution in [3.63, 3.8) is 0 Å². The molecule has 1 unspecified atom stereocenters. The molecule has 0 aliphatic heterocycles. The molecule has 1 aliphatic rings. The Balaban J connectivity index is 1.77. The average Bonchev–Trinajstić information content (AvgIpc) is 2.92. The number of hydrogen-bond donors (Lipinski definition) is 2. The van der Waals surface area contributed by atoms with E-state index in [9.17, 15) is 9.59 Å². The Bertz CT molecular complexity index is 527. The van der Waals surface area contributed by atoms with E-state index in [0.717, 1.165) is 12.8 Å². The number of rotatable bonds is 7. The number of ether oxygens (including phenoxy) is 1. The zero-order valence-electron chi connectivity index (χ0n) is 12.2. The molecule has 1 atom stereocenters. The Kier molecular flexibility index (Phi) is 5.20.